The maximum absolute atomic E-state index is 8.77. The highest BCUT2D eigenvalue weighted by Gasteiger charge is 2.28. The van der Waals surface area contributed by atoms with E-state index in [-0.39, 0.29) is 11.4 Å². The number of aliphatic imine (C=N–C) groups is 1. The quantitative estimate of drug-likeness (QED) is 0.647. The van der Waals surface area contributed by atoms with Gasteiger partial charge in [-0.3, -0.25) is 4.99 Å². The summed E-state index contributed by atoms with van der Waals surface area (Å²) < 4.78 is 0. The van der Waals surface area contributed by atoms with Crippen molar-refractivity contribution < 1.29 is 0 Å². The van der Waals surface area contributed by atoms with Crippen LogP contribution in [0.15, 0.2) is 40.7 Å². The van der Waals surface area contributed by atoms with Crippen LogP contribution in [0, 0.1) is 11.3 Å². The Hall–Kier alpha value is -2.48. The first kappa shape index (κ1) is 12.0. The minimum atomic E-state index is -0.405. The Kier molecular flexibility index (Phi) is 2.71. The van der Waals surface area contributed by atoms with Crippen LogP contribution in [0.25, 0.3) is 0 Å². The van der Waals surface area contributed by atoms with Crippen molar-refractivity contribution in [3.8, 4) is 6.07 Å². The topological polar surface area (TPSA) is 100 Å². The molecule has 1 aliphatic rings. The fourth-order valence-electron chi connectivity index (χ4n) is 1.94. The van der Waals surface area contributed by atoms with Crippen LogP contribution in [0.5, 0.6) is 0 Å². The van der Waals surface area contributed by atoms with E-state index in [9.17, 15) is 0 Å². The van der Waals surface area contributed by atoms with E-state index in [4.69, 9.17) is 16.7 Å². The third-order valence-corrected chi connectivity index (χ3v) is 2.90. The normalized spacial score (nSPS) is 17.7. The summed E-state index contributed by atoms with van der Waals surface area (Å²) in [4.78, 5) is 4.52. The maximum Gasteiger partial charge on any atom is 0.152 e. The van der Waals surface area contributed by atoms with Gasteiger partial charge in [-0.1, -0.05) is 18.2 Å². The summed E-state index contributed by atoms with van der Waals surface area (Å²) in [5, 5.41) is 11.9. The van der Waals surface area contributed by atoms with Crippen LogP contribution in [-0.4, -0.2) is 5.84 Å². The Morgan fingerprint density at radius 1 is 1.33 bits per heavy atom. The number of nitrogens with one attached hydrogen (secondary N) is 1. The van der Waals surface area contributed by atoms with E-state index < -0.39 is 5.54 Å². The number of hydrogen-bond donors (Lipinski definition) is 3. The van der Waals surface area contributed by atoms with Crippen LogP contribution < -0.4 is 16.8 Å². The molecular weight excluding hydrogens is 226 g/mol. The summed E-state index contributed by atoms with van der Waals surface area (Å²) in [6, 6.07) is 9.67. The van der Waals surface area contributed by atoms with Crippen molar-refractivity contribution in [1.82, 2.24) is 0 Å². The zero-order chi connectivity index (χ0) is 13.3. The molecule has 1 aromatic carbocycles. The molecule has 0 bridgehead atoms. The van der Waals surface area contributed by atoms with Crippen LogP contribution in [0.4, 0.5) is 5.69 Å². The largest absolute Gasteiger partial charge is 0.393 e. The molecule has 0 saturated carbocycles. The highest BCUT2D eigenvalue weighted by molar-refractivity contribution is 6.09. The molecule has 5 nitrogen and oxygen atoms in total. The predicted molar refractivity (Wildman–Crippen MR) is 71.5 cm³/mol. The number of nitrogens with two attached hydrogens (primary N) is 2. The van der Waals surface area contributed by atoms with Crippen molar-refractivity contribution in [2.45, 2.75) is 19.4 Å². The van der Waals surface area contributed by atoms with Crippen LogP contribution in [-0.2, 0) is 5.54 Å². The predicted octanol–water partition coefficient (Wildman–Crippen LogP) is 1.40. The van der Waals surface area contributed by atoms with Crippen LogP contribution in [0.1, 0.15) is 19.4 Å². The molecule has 0 amide bonds. The van der Waals surface area contributed by atoms with E-state index in [1.54, 1.807) is 0 Å². The summed E-state index contributed by atoms with van der Waals surface area (Å²) in [5.74, 6) is 0.442. The van der Waals surface area contributed by atoms with Gasteiger partial charge in [-0.25, -0.2) is 0 Å². The lowest BCUT2D eigenvalue weighted by Gasteiger charge is -2.30. The van der Waals surface area contributed by atoms with Gasteiger partial charge in [-0.15, -0.1) is 0 Å². The average Bonchev–Trinajstić information content (AvgIpc) is 2.36. The molecule has 0 aliphatic carbocycles. The highest BCUT2D eigenvalue weighted by atomic mass is 15.1. The average molecular weight is 241 g/mol. The lowest BCUT2D eigenvalue weighted by molar-refractivity contribution is 0.555. The van der Waals surface area contributed by atoms with Gasteiger partial charge in [0.25, 0.3) is 0 Å². The van der Waals surface area contributed by atoms with Crippen molar-refractivity contribution >= 4 is 11.5 Å². The first-order chi connectivity index (χ1) is 8.45. The number of para-hydroxylation sites is 1. The van der Waals surface area contributed by atoms with E-state index in [1.807, 2.05) is 44.2 Å². The summed E-state index contributed by atoms with van der Waals surface area (Å²) in [6.45, 7) is 3.98. The van der Waals surface area contributed by atoms with Gasteiger partial charge in [-0.05, 0) is 19.9 Å². The second-order valence-electron chi connectivity index (χ2n) is 4.63. The van der Waals surface area contributed by atoms with Crippen molar-refractivity contribution in [3.05, 3.63) is 41.2 Å². The molecule has 1 aliphatic heterocycles. The number of nitriles is 1. The van der Waals surface area contributed by atoms with Crippen LogP contribution >= 0.6 is 0 Å². The van der Waals surface area contributed by atoms with Crippen molar-refractivity contribution in [3.63, 3.8) is 0 Å². The standard InChI is InChI=1S/C13H15N5/c1-13(2)8-5-3-4-6-10(8)17-12(18-13)11(16)9(15)7-14/h3-6H,15-16H2,1-2H3,(H,17,18). The lowest BCUT2D eigenvalue weighted by atomic mass is 9.91. The highest BCUT2D eigenvalue weighted by Crippen LogP contribution is 2.35. The van der Waals surface area contributed by atoms with Crippen molar-refractivity contribution in [1.29, 1.82) is 5.26 Å². The zero-order valence-corrected chi connectivity index (χ0v) is 10.4. The molecule has 92 valence electrons. The molecule has 2 rings (SSSR count). The second-order valence-corrected chi connectivity index (χ2v) is 4.63. The molecule has 0 fully saturated rings. The molecule has 1 heterocycles. The molecule has 5 heteroatoms. The fraction of sp³-hybridized carbons (Fsp3) is 0.231. The number of allylic oxidation sites excluding steroid dienone is 1. The first-order valence-corrected chi connectivity index (χ1v) is 5.58. The van der Waals surface area contributed by atoms with Crippen LogP contribution in [0.3, 0.4) is 0 Å². The number of anilines is 1. The molecular formula is C13H15N5. The van der Waals surface area contributed by atoms with Gasteiger partial charge in [0.15, 0.2) is 5.84 Å². The number of fused-ring (bicyclic) bond motifs is 1. The lowest BCUT2D eigenvalue weighted by Crippen LogP contribution is -2.33. The van der Waals surface area contributed by atoms with Gasteiger partial charge in [0.05, 0.1) is 5.54 Å². The molecule has 0 unspecified atom stereocenters. The smallest absolute Gasteiger partial charge is 0.152 e. The Balaban J connectivity index is 2.53. The third-order valence-electron chi connectivity index (χ3n) is 2.90. The number of nitrogens with zero attached hydrogens (tertiary/aromatic N) is 2. The molecule has 0 radical (unpaired) electrons. The molecule has 1 aromatic rings. The number of benzene rings is 1. The summed E-state index contributed by atoms with van der Waals surface area (Å²) in [6.07, 6.45) is 0. The molecule has 5 N–H and O–H groups in total. The molecule has 0 spiro atoms. The van der Waals surface area contributed by atoms with E-state index in [1.165, 1.54) is 0 Å². The second kappa shape index (κ2) is 4.08. The van der Waals surface area contributed by atoms with Crippen molar-refractivity contribution in [2.75, 3.05) is 5.32 Å². The molecule has 0 atom stereocenters. The van der Waals surface area contributed by atoms with Gasteiger partial charge in [0.2, 0.25) is 0 Å². The van der Waals surface area contributed by atoms with E-state index in [2.05, 4.69) is 10.3 Å². The number of rotatable bonds is 1. The van der Waals surface area contributed by atoms with E-state index in [0.29, 0.717) is 5.84 Å². The molecule has 0 saturated heterocycles. The Morgan fingerprint density at radius 2 is 2.00 bits per heavy atom. The fourth-order valence-corrected chi connectivity index (χ4v) is 1.94. The number of amidine groups is 1. The minimum absolute atomic E-state index is 0.0311. The van der Waals surface area contributed by atoms with Gasteiger partial charge < -0.3 is 16.8 Å². The van der Waals surface area contributed by atoms with Gasteiger partial charge in [0, 0.05) is 11.3 Å². The van der Waals surface area contributed by atoms with Crippen molar-refractivity contribution in [2.24, 2.45) is 16.5 Å². The molecule has 0 aromatic heterocycles. The monoisotopic (exact) mass is 241 g/mol. The van der Waals surface area contributed by atoms with Gasteiger partial charge >= 0.3 is 0 Å². The summed E-state index contributed by atoms with van der Waals surface area (Å²) >= 11 is 0. The van der Waals surface area contributed by atoms with E-state index >= 15 is 0 Å². The Labute approximate surface area is 106 Å². The summed E-state index contributed by atoms with van der Waals surface area (Å²) in [5.41, 5.74) is 13.1. The first-order valence-electron chi connectivity index (χ1n) is 5.58. The summed E-state index contributed by atoms with van der Waals surface area (Å²) in [7, 11) is 0. The third kappa shape index (κ3) is 1.89. The minimum Gasteiger partial charge on any atom is -0.393 e. The van der Waals surface area contributed by atoms with Gasteiger partial charge in [-0.2, -0.15) is 5.26 Å². The Bertz CT molecular complexity index is 590. The molecule has 18 heavy (non-hydrogen) atoms. The van der Waals surface area contributed by atoms with Gasteiger partial charge in [0.1, 0.15) is 17.5 Å². The maximum atomic E-state index is 8.77. The Morgan fingerprint density at radius 3 is 2.67 bits per heavy atom. The SMILES string of the molecule is CC1(C)N=C(C(N)=C(N)C#N)Nc2ccccc21. The van der Waals surface area contributed by atoms with E-state index in [0.717, 1.165) is 11.3 Å². The van der Waals surface area contributed by atoms with Crippen LogP contribution in [0.2, 0.25) is 0 Å². The zero-order valence-electron chi connectivity index (χ0n) is 10.4. The number of hydrogen-bond acceptors (Lipinski definition) is 5.